The zero-order valence-corrected chi connectivity index (χ0v) is 13.6. The summed E-state index contributed by atoms with van der Waals surface area (Å²) in [4.78, 5) is 14.1. The Hall–Kier alpha value is -2.18. The van der Waals surface area contributed by atoms with Crippen LogP contribution in [0.2, 0.25) is 0 Å². The summed E-state index contributed by atoms with van der Waals surface area (Å²) >= 11 is 0. The summed E-state index contributed by atoms with van der Waals surface area (Å²) in [6.07, 6.45) is 0.476. The summed E-state index contributed by atoms with van der Waals surface area (Å²) in [5.41, 5.74) is 3.27. The minimum atomic E-state index is -0.235. The minimum absolute atomic E-state index is 0.00600. The highest BCUT2D eigenvalue weighted by atomic mass is 16.3. The fraction of sp³-hybridized carbons (Fsp3) is 0.412. The molecule has 0 unspecified atom stereocenters. The molecule has 1 heterocycles. The highest BCUT2D eigenvalue weighted by Gasteiger charge is 2.19. The number of aliphatic hydroxyl groups excluding tert-OH is 2. The van der Waals surface area contributed by atoms with Crippen LogP contribution in [-0.4, -0.2) is 57.1 Å². The molecule has 0 aliphatic rings. The molecule has 0 fully saturated rings. The van der Waals surface area contributed by atoms with Crippen molar-refractivity contribution in [3.63, 3.8) is 0 Å². The van der Waals surface area contributed by atoms with Crippen LogP contribution < -0.4 is 0 Å². The maximum Gasteiger partial charge on any atom is 0.274 e. The van der Waals surface area contributed by atoms with Crippen molar-refractivity contribution in [2.24, 2.45) is 0 Å². The average Bonchev–Trinajstić information content (AvgIpc) is 2.93. The molecule has 0 saturated heterocycles. The van der Waals surface area contributed by atoms with Gasteiger partial charge in [0.05, 0.1) is 12.3 Å². The second-order valence-corrected chi connectivity index (χ2v) is 5.51. The number of nitrogens with zero attached hydrogens (tertiary/aromatic N) is 3. The molecule has 1 amide bonds. The quantitative estimate of drug-likeness (QED) is 0.807. The van der Waals surface area contributed by atoms with Gasteiger partial charge in [-0.25, -0.2) is 4.68 Å². The third kappa shape index (κ3) is 4.18. The number of rotatable bonds is 7. The summed E-state index contributed by atoms with van der Waals surface area (Å²) in [6.45, 7) is 4.43. The smallest absolute Gasteiger partial charge is 0.274 e. The van der Waals surface area contributed by atoms with Gasteiger partial charge < -0.3 is 15.1 Å². The van der Waals surface area contributed by atoms with Gasteiger partial charge in [-0.05, 0) is 38.5 Å². The van der Waals surface area contributed by atoms with E-state index in [1.54, 1.807) is 10.7 Å². The van der Waals surface area contributed by atoms with Crippen molar-refractivity contribution >= 4 is 5.91 Å². The molecule has 23 heavy (non-hydrogen) atoms. The van der Waals surface area contributed by atoms with Crippen molar-refractivity contribution in [2.45, 2.75) is 20.3 Å². The number of hydrogen-bond acceptors (Lipinski definition) is 4. The zero-order chi connectivity index (χ0) is 16.8. The standard InChI is InChI=1S/C17H23N3O3/c1-13-4-6-15(7-5-13)20-14(2)12-16(18-20)17(23)19(9-11-22)8-3-10-21/h4-7,12,21-22H,3,8-11H2,1-2H3. The molecule has 0 saturated carbocycles. The number of carbonyl (C=O) groups is 1. The van der Waals surface area contributed by atoms with Crippen LogP contribution in [0.25, 0.3) is 5.69 Å². The van der Waals surface area contributed by atoms with Crippen LogP contribution >= 0.6 is 0 Å². The predicted molar refractivity (Wildman–Crippen MR) is 87.7 cm³/mol. The molecule has 6 nitrogen and oxygen atoms in total. The number of amides is 1. The lowest BCUT2D eigenvalue weighted by Crippen LogP contribution is -2.35. The van der Waals surface area contributed by atoms with E-state index in [9.17, 15) is 4.79 Å². The largest absolute Gasteiger partial charge is 0.396 e. The lowest BCUT2D eigenvalue weighted by atomic mass is 10.2. The van der Waals surface area contributed by atoms with Crippen LogP contribution in [0.15, 0.2) is 30.3 Å². The zero-order valence-electron chi connectivity index (χ0n) is 13.6. The summed E-state index contributed by atoms with van der Waals surface area (Å²) in [5, 5.41) is 22.5. The Labute approximate surface area is 136 Å². The molecule has 0 radical (unpaired) electrons. The number of aryl methyl sites for hydroxylation is 2. The van der Waals surface area contributed by atoms with Crippen molar-refractivity contribution in [1.29, 1.82) is 0 Å². The van der Waals surface area contributed by atoms with Gasteiger partial charge >= 0.3 is 0 Å². The molecule has 2 N–H and O–H groups in total. The monoisotopic (exact) mass is 317 g/mol. The second-order valence-electron chi connectivity index (χ2n) is 5.51. The first-order valence-corrected chi connectivity index (χ1v) is 7.71. The molecule has 2 rings (SSSR count). The predicted octanol–water partition coefficient (Wildman–Crippen LogP) is 1.31. The normalized spacial score (nSPS) is 10.8. The van der Waals surface area contributed by atoms with E-state index in [1.807, 2.05) is 38.1 Å². The van der Waals surface area contributed by atoms with E-state index in [1.165, 1.54) is 4.90 Å². The first kappa shape index (κ1) is 17.2. The summed E-state index contributed by atoms with van der Waals surface area (Å²) in [7, 11) is 0. The lowest BCUT2D eigenvalue weighted by molar-refractivity contribution is 0.0703. The van der Waals surface area contributed by atoms with Crippen molar-refractivity contribution < 1.29 is 15.0 Å². The van der Waals surface area contributed by atoms with E-state index in [0.29, 0.717) is 18.7 Å². The Bertz CT molecular complexity index is 650. The molecular weight excluding hydrogens is 294 g/mol. The van der Waals surface area contributed by atoms with Gasteiger partial charge in [-0.2, -0.15) is 5.10 Å². The van der Waals surface area contributed by atoms with Crippen molar-refractivity contribution in [3.05, 3.63) is 47.3 Å². The average molecular weight is 317 g/mol. The van der Waals surface area contributed by atoms with Crippen LogP contribution in [0, 0.1) is 13.8 Å². The fourth-order valence-electron chi connectivity index (χ4n) is 2.39. The van der Waals surface area contributed by atoms with Gasteiger partial charge in [-0.15, -0.1) is 0 Å². The van der Waals surface area contributed by atoms with Crippen LogP contribution in [0.1, 0.15) is 28.2 Å². The topological polar surface area (TPSA) is 78.6 Å². The number of aromatic nitrogens is 2. The second kappa shape index (κ2) is 7.89. The van der Waals surface area contributed by atoms with Crippen molar-refractivity contribution in [2.75, 3.05) is 26.3 Å². The van der Waals surface area contributed by atoms with Gasteiger partial charge in [-0.3, -0.25) is 4.79 Å². The summed E-state index contributed by atoms with van der Waals surface area (Å²) in [5.74, 6) is -0.235. The number of hydrogen-bond donors (Lipinski definition) is 2. The highest BCUT2D eigenvalue weighted by Crippen LogP contribution is 2.14. The van der Waals surface area contributed by atoms with Crippen LogP contribution in [-0.2, 0) is 0 Å². The molecule has 6 heteroatoms. The van der Waals surface area contributed by atoms with Gasteiger partial charge in [0, 0.05) is 25.4 Å². The maximum atomic E-state index is 12.5. The van der Waals surface area contributed by atoms with Crippen LogP contribution in [0.4, 0.5) is 0 Å². The van der Waals surface area contributed by atoms with E-state index < -0.39 is 0 Å². The van der Waals surface area contributed by atoms with Gasteiger partial charge in [0.1, 0.15) is 0 Å². The van der Waals surface area contributed by atoms with E-state index in [0.717, 1.165) is 16.9 Å². The molecular formula is C17H23N3O3. The highest BCUT2D eigenvalue weighted by molar-refractivity contribution is 5.92. The molecule has 0 atom stereocenters. The van der Waals surface area contributed by atoms with Gasteiger partial charge in [-0.1, -0.05) is 17.7 Å². The SMILES string of the molecule is Cc1ccc(-n2nc(C(=O)N(CCO)CCCO)cc2C)cc1. The summed E-state index contributed by atoms with van der Waals surface area (Å²) in [6, 6.07) is 9.65. The van der Waals surface area contributed by atoms with Gasteiger partial charge in [0.25, 0.3) is 5.91 Å². The van der Waals surface area contributed by atoms with E-state index in [2.05, 4.69) is 5.10 Å². The molecule has 0 bridgehead atoms. The molecule has 1 aromatic carbocycles. The van der Waals surface area contributed by atoms with Crippen molar-refractivity contribution in [1.82, 2.24) is 14.7 Å². The molecule has 0 aliphatic heterocycles. The maximum absolute atomic E-state index is 12.5. The minimum Gasteiger partial charge on any atom is -0.396 e. The molecule has 124 valence electrons. The van der Waals surface area contributed by atoms with E-state index in [4.69, 9.17) is 10.2 Å². The van der Waals surface area contributed by atoms with Gasteiger partial charge in [0.2, 0.25) is 0 Å². The third-order valence-corrected chi connectivity index (χ3v) is 3.63. The van der Waals surface area contributed by atoms with E-state index in [-0.39, 0.29) is 25.7 Å². The number of aliphatic hydroxyl groups is 2. The van der Waals surface area contributed by atoms with Crippen LogP contribution in [0.3, 0.4) is 0 Å². The fourth-order valence-corrected chi connectivity index (χ4v) is 2.39. The molecule has 2 aromatic rings. The van der Waals surface area contributed by atoms with Crippen LogP contribution in [0.5, 0.6) is 0 Å². The Balaban J connectivity index is 2.24. The number of carbonyl (C=O) groups excluding carboxylic acids is 1. The molecule has 0 spiro atoms. The van der Waals surface area contributed by atoms with E-state index >= 15 is 0 Å². The van der Waals surface area contributed by atoms with Crippen molar-refractivity contribution in [3.8, 4) is 5.69 Å². The number of benzene rings is 1. The lowest BCUT2D eigenvalue weighted by Gasteiger charge is -2.20. The summed E-state index contributed by atoms with van der Waals surface area (Å²) < 4.78 is 1.73. The molecule has 1 aromatic heterocycles. The first-order chi connectivity index (χ1) is 11.1. The molecule has 0 aliphatic carbocycles. The Kier molecular flexibility index (Phi) is 5.90. The Morgan fingerprint density at radius 1 is 1.13 bits per heavy atom. The Morgan fingerprint density at radius 2 is 1.83 bits per heavy atom. The van der Waals surface area contributed by atoms with Gasteiger partial charge in [0.15, 0.2) is 5.69 Å². The Morgan fingerprint density at radius 3 is 2.43 bits per heavy atom. The first-order valence-electron chi connectivity index (χ1n) is 7.71. The third-order valence-electron chi connectivity index (χ3n) is 3.63.